The van der Waals surface area contributed by atoms with Crippen molar-refractivity contribution in [3.63, 3.8) is 0 Å². The first-order valence-corrected chi connectivity index (χ1v) is 10.9. The summed E-state index contributed by atoms with van der Waals surface area (Å²) in [7, 11) is 0. The van der Waals surface area contributed by atoms with E-state index in [2.05, 4.69) is 27.2 Å². The number of piperazine rings is 1. The second-order valence-electron chi connectivity index (χ2n) is 7.06. The maximum Gasteiger partial charge on any atom is 0.270 e. The van der Waals surface area contributed by atoms with E-state index in [0.29, 0.717) is 35.1 Å². The van der Waals surface area contributed by atoms with Gasteiger partial charge in [-0.15, -0.1) is 10.2 Å². The van der Waals surface area contributed by atoms with Crippen LogP contribution in [0.3, 0.4) is 0 Å². The molecule has 1 fully saturated rings. The number of non-ortho nitro benzene ring substituents is 1. The molecule has 1 aromatic heterocycles. The van der Waals surface area contributed by atoms with Gasteiger partial charge in [0.2, 0.25) is 5.91 Å². The molecule has 0 bridgehead atoms. The van der Waals surface area contributed by atoms with Gasteiger partial charge in [-0.2, -0.15) is 0 Å². The minimum Gasteiger partial charge on any atom is -0.368 e. The first kappa shape index (κ1) is 20.8. The fourth-order valence-electron chi connectivity index (χ4n) is 3.41. The van der Waals surface area contributed by atoms with Gasteiger partial charge >= 0.3 is 0 Å². The van der Waals surface area contributed by atoms with Gasteiger partial charge in [0, 0.05) is 49.6 Å². The van der Waals surface area contributed by atoms with Crippen LogP contribution in [0.4, 0.5) is 11.4 Å². The highest BCUT2D eigenvalue weighted by Gasteiger charge is 2.21. The van der Waals surface area contributed by atoms with Crippen LogP contribution in [-0.4, -0.2) is 57.9 Å². The van der Waals surface area contributed by atoms with E-state index < -0.39 is 4.92 Å². The van der Waals surface area contributed by atoms with Crippen LogP contribution >= 0.6 is 11.8 Å². The number of amides is 1. The molecule has 1 saturated heterocycles. The number of hydrogen-bond donors (Lipinski definition) is 0. The zero-order valence-corrected chi connectivity index (χ0v) is 17.6. The molecule has 1 amide bonds. The Morgan fingerprint density at radius 2 is 1.74 bits per heavy atom. The van der Waals surface area contributed by atoms with Gasteiger partial charge in [-0.05, 0) is 24.3 Å². The molecule has 0 aliphatic carbocycles. The second kappa shape index (κ2) is 9.57. The van der Waals surface area contributed by atoms with Crippen molar-refractivity contribution in [2.24, 2.45) is 0 Å². The number of aromatic nitrogens is 2. The Labute approximate surface area is 184 Å². The van der Waals surface area contributed by atoms with Crippen LogP contribution in [0.25, 0.3) is 11.3 Å². The standard InChI is InChI=1S/C22H21N5O3S/c28-22(26-13-11-25(12-14-26)18-6-2-1-3-7-18)16-31-21-10-9-20(23-24-21)17-5-4-8-19(15-17)27(29)30/h1-10,15H,11-14,16H2. The average Bonchev–Trinajstić information content (AvgIpc) is 2.83. The summed E-state index contributed by atoms with van der Waals surface area (Å²) in [6.07, 6.45) is 0. The summed E-state index contributed by atoms with van der Waals surface area (Å²) in [6.45, 7) is 3.04. The Balaban J connectivity index is 1.29. The monoisotopic (exact) mass is 435 g/mol. The predicted molar refractivity (Wildman–Crippen MR) is 120 cm³/mol. The SMILES string of the molecule is O=C(CSc1ccc(-c2cccc([N+](=O)[O-])c2)nn1)N1CCN(c2ccccc2)CC1. The van der Waals surface area contributed by atoms with E-state index in [0.717, 1.165) is 13.1 Å². The Morgan fingerprint density at radius 3 is 2.42 bits per heavy atom. The van der Waals surface area contributed by atoms with E-state index in [-0.39, 0.29) is 11.6 Å². The summed E-state index contributed by atoms with van der Waals surface area (Å²) in [5, 5.41) is 19.9. The third kappa shape index (κ3) is 5.18. The van der Waals surface area contributed by atoms with Crippen molar-refractivity contribution in [2.45, 2.75) is 5.03 Å². The van der Waals surface area contributed by atoms with Crippen LogP contribution in [0.2, 0.25) is 0 Å². The van der Waals surface area contributed by atoms with Crippen LogP contribution in [0.1, 0.15) is 0 Å². The summed E-state index contributed by atoms with van der Waals surface area (Å²) in [5.41, 5.74) is 2.38. The fourth-order valence-corrected chi connectivity index (χ4v) is 4.13. The van der Waals surface area contributed by atoms with Gasteiger partial charge in [-0.25, -0.2) is 0 Å². The number of hydrogen-bond acceptors (Lipinski definition) is 7. The molecular weight excluding hydrogens is 414 g/mol. The number of carbonyl (C=O) groups is 1. The van der Waals surface area contributed by atoms with E-state index in [1.807, 2.05) is 23.1 Å². The Morgan fingerprint density at radius 1 is 0.968 bits per heavy atom. The molecule has 1 aliphatic heterocycles. The topological polar surface area (TPSA) is 92.5 Å². The number of thioether (sulfide) groups is 1. The average molecular weight is 436 g/mol. The van der Waals surface area contributed by atoms with Crippen LogP contribution in [-0.2, 0) is 4.79 Å². The first-order valence-electron chi connectivity index (χ1n) is 9.89. The molecule has 0 atom stereocenters. The van der Waals surface area contributed by atoms with E-state index in [9.17, 15) is 14.9 Å². The first-order chi connectivity index (χ1) is 15.1. The van der Waals surface area contributed by atoms with Crippen molar-refractivity contribution in [3.8, 4) is 11.3 Å². The lowest BCUT2D eigenvalue weighted by Gasteiger charge is -2.36. The predicted octanol–water partition coefficient (Wildman–Crippen LogP) is 3.49. The Bertz CT molecular complexity index is 1050. The molecule has 3 aromatic rings. The largest absolute Gasteiger partial charge is 0.368 e. The van der Waals surface area contributed by atoms with Crippen molar-refractivity contribution >= 4 is 29.0 Å². The highest BCUT2D eigenvalue weighted by Crippen LogP contribution is 2.24. The highest BCUT2D eigenvalue weighted by atomic mass is 32.2. The Kier molecular flexibility index (Phi) is 6.42. The zero-order chi connectivity index (χ0) is 21.6. The summed E-state index contributed by atoms with van der Waals surface area (Å²) in [6, 6.07) is 20.0. The van der Waals surface area contributed by atoms with Crippen LogP contribution in [0, 0.1) is 10.1 Å². The van der Waals surface area contributed by atoms with Crippen LogP contribution in [0.15, 0.2) is 71.8 Å². The fraction of sp³-hybridized carbons (Fsp3) is 0.227. The third-order valence-corrected chi connectivity index (χ3v) is 5.99. The van der Waals surface area contributed by atoms with Crippen molar-refractivity contribution in [3.05, 3.63) is 76.8 Å². The molecule has 0 unspecified atom stereocenters. The molecule has 0 radical (unpaired) electrons. The van der Waals surface area contributed by atoms with E-state index in [1.54, 1.807) is 24.3 Å². The number of nitro groups is 1. The molecule has 0 spiro atoms. The summed E-state index contributed by atoms with van der Waals surface area (Å²) in [4.78, 5) is 27.2. The number of benzene rings is 2. The lowest BCUT2D eigenvalue weighted by Crippen LogP contribution is -2.49. The third-order valence-electron chi connectivity index (χ3n) is 5.09. The Hall–Kier alpha value is -3.46. The van der Waals surface area contributed by atoms with Crippen molar-refractivity contribution in [2.75, 3.05) is 36.8 Å². The molecule has 4 rings (SSSR count). The number of para-hydroxylation sites is 1. The zero-order valence-electron chi connectivity index (χ0n) is 16.8. The van der Waals surface area contributed by atoms with Gasteiger partial charge in [0.25, 0.3) is 5.69 Å². The van der Waals surface area contributed by atoms with Gasteiger partial charge in [-0.3, -0.25) is 14.9 Å². The molecule has 2 heterocycles. The van der Waals surface area contributed by atoms with Gasteiger partial charge in [0.05, 0.1) is 16.4 Å². The van der Waals surface area contributed by atoms with E-state index >= 15 is 0 Å². The maximum atomic E-state index is 12.6. The second-order valence-corrected chi connectivity index (χ2v) is 8.05. The molecule has 1 aliphatic rings. The highest BCUT2D eigenvalue weighted by molar-refractivity contribution is 7.99. The van der Waals surface area contributed by atoms with Crippen LogP contribution < -0.4 is 4.90 Å². The molecule has 2 aromatic carbocycles. The van der Waals surface area contributed by atoms with Gasteiger partial charge in [0.1, 0.15) is 5.03 Å². The molecule has 0 N–H and O–H groups in total. The quantitative estimate of drug-likeness (QED) is 0.332. The lowest BCUT2D eigenvalue weighted by atomic mass is 10.1. The van der Waals surface area contributed by atoms with Crippen molar-refractivity contribution in [1.82, 2.24) is 15.1 Å². The molecule has 0 saturated carbocycles. The minimum absolute atomic E-state index is 0.00992. The molecule has 31 heavy (non-hydrogen) atoms. The number of nitro benzene ring substituents is 1. The minimum atomic E-state index is -0.438. The maximum absolute atomic E-state index is 12.6. The number of carbonyl (C=O) groups excluding carboxylic acids is 1. The van der Waals surface area contributed by atoms with E-state index in [1.165, 1.54) is 29.6 Å². The van der Waals surface area contributed by atoms with Crippen molar-refractivity contribution in [1.29, 1.82) is 0 Å². The summed E-state index contributed by atoms with van der Waals surface area (Å²) >= 11 is 1.34. The molecule has 158 valence electrons. The normalized spacial score (nSPS) is 13.8. The summed E-state index contributed by atoms with van der Waals surface area (Å²) in [5.74, 6) is 0.387. The smallest absolute Gasteiger partial charge is 0.270 e. The lowest BCUT2D eigenvalue weighted by molar-refractivity contribution is -0.384. The van der Waals surface area contributed by atoms with Crippen molar-refractivity contribution < 1.29 is 9.72 Å². The molecule has 8 nitrogen and oxygen atoms in total. The summed E-state index contributed by atoms with van der Waals surface area (Å²) < 4.78 is 0. The number of nitrogens with zero attached hydrogens (tertiary/aromatic N) is 5. The van der Waals surface area contributed by atoms with Gasteiger partial charge < -0.3 is 9.80 Å². The van der Waals surface area contributed by atoms with Gasteiger partial charge in [-0.1, -0.05) is 42.1 Å². The molecular formula is C22H21N5O3S. The van der Waals surface area contributed by atoms with E-state index in [4.69, 9.17) is 0 Å². The molecule has 9 heteroatoms. The van der Waals surface area contributed by atoms with Crippen LogP contribution in [0.5, 0.6) is 0 Å². The van der Waals surface area contributed by atoms with Gasteiger partial charge in [0.15, 0.2) is 0 Å². The number of anilines is 1. The number of rotatable bonds is 6.